The van der Waals surface area contributed by atoms with Crippen molar-refractivity contribution in [2.75, 3.05) is 13.1 Å². The Labute approximate surface area is 101 Å². The summed E-state index contributed by atoms with van der Waals surface area (Å²) in [6.45, 7) is 4.26. The molecule has 0 atom stereocenters. The van der Waals surface area contributed by atoms with Crippen LogP contribution in [0.3, 0.4) is 0 Å². The average molecular weight is 234 g/mol. The summed E-state index contributed by atoms with van der Waals surface area (Å²) in [4.78, 5) is 24.6. The van der Waals surface area contributed by atoms with Crippen molar-refractivity contribution in [3.63, 3.8) is 0 Å². The van der Waals surface area contributed by atoms with E-state index in [9.17, 15) is 9.59 Å². The summed E-state index contributed by atoms with van der Waals surface area (Å²) in [5.41, 5.74) is 6.76. The molecule has 0 unspecified atom stereocenters. The van der Waals surface area contributed by atoms with Crippen LogP contribution in [0.4, 0.5) is 0 Å². The van der Waals surface area contributed by atoms with E-state index in [2.05, 4.69) is 0 Å². The maximum atomic E-state index is 12.2. The van der Waals surface area contributed by atoms with Gasteiger partial charge in [0.25, 0.3) is 5.91 Å². The molecular formula is C13H18N2O2. The summed E-state index contributed by atoms with van der Waals surface area (Å²) in [5, 5.41) is 0. The van der Waals surface area contributed by atoms with E-state index < -0.39 is 5.91 Å². The number of primary amides is 1. The number of nitrogens with two attached hydrogens (primary N) is 1. The molecule has 0 aliphatic carbocycles. The molecule has 1 rings (SSSR count). The third-order valence-corrected chi connectivity index (χ3v) is 2.64. The first-order chi connectivity index (χ1) is 8.10. The third-order valence-electron chi connectivity index (χ3n) is 2.64. The number of likely N-dealkylation sites (N-methyl/N-ethyl adjacent to an activating group) is 1. The van der Waals surface area contributed by atoms with Crippen molar-refractivity contribution in [2.45, 2.75) is 20.3 Å². The van der Waals surface area contributed by atoms with Gasteiger partial charge in [-0.1, -0.05) is 25.1 Å². The van der Waals surface area contributed by atoms with Gasteiger partial charge in [0.2, 0.25) is 5.91 Å². The Morgan fingerprint density at radius 1 is 1.24 bits per heavy atom. The van der Waals surface area contributed by atoms with Crippen molar-refractivity contribution in [3.05, 3.63) is 35.4 Å². The SMILES string of the molecule is CCc1ccccc1C(=O)N(CC)CC(N)=O. The molecule has 0 aliphatic heterocycles. The average Bonchev–Trinajstić information content (AvgIpc) is 2.34. The number of rotatable bonds is 5. The topological polar surface area (TPSA) is 63.4 Å². The number of carbonyl (C=O) groups excluding carboxylic acids is 2. The molecule has 2 amide bonds. The number of carbonyl (C=O) groups is 2. The highest BCUT2D eigenvalue weighted by atomic mass is 16.2. The normalized spacial score (nSPS) is 10.0. The fraction of sp³-hybridized carbons (Fsp3) is 0.385. The summed E-state index contributed by atoms with van der Waals surface area (Å²) in [6.07, 6.45) is 0.788. The fourth-order valence-corrected chi connectivity index (χ4v) is 1.72. The quantitative estimate of drug-likeness (QED) is 0.832. The van der Waals surface area contributed by atoms with Gasteiger partial charge in [0, 0.05) is 12.1 Å². The highest BCUT2D eigenvalue weighted by Crippen LogP contribution is 2.12. The molecule has 0 aromatic heterocycles. The van der Waals surface area contributed by atoms with Gasteiger partial charge in [-0.15, -0.1) is 0 Å². The highest BCUT2D eigenvalue weighted by Gasteiger charge is 2.17. The number of nitrogens with zero attached hydrogens (tertiary/aromatic N) is 1. The van der Waals surface area contributed by atoms with Gasteiger partial charge in [-0.05, 0) is 25.0 Å². The molecule has 0 bridgehead atoms. The minimum absolute atomic E-state index is 0.0343. The maximum absolute atomic E-state index is 12.2. The predicted molar refractivity (Wildman–Crippen MR) is 66.6 cm³/mol. The number of hydrogen-bond donors (Lipinski definition) is 1. The van der Waals surface area contributed by atoms with Crippen LogP contribution in [0.5, 0.6) is 0 Å². The van der Waals surface area contributed by atoms with E-state index in [4.69, 9.17) is 5.73 Å². The Morgan fingerprint density at radius 3 is 2.41 bits per heavy atom. The van der Waals surface area contributed by atoms with Crippen molar-refractivity contribution >= 4 is 11.8 Å². The summed E-state index contributed by atoms with van der Waals surface area (Å²) in [5.74, 6) is -0.627. The second kappa shape index (κ2) is 6.03. The van der Waals surface area contributed by atoms with E-state index in [1.807, 2.05) is 32.0 Å². The zero-order valence-corrected chi connectivity index (χ0v) is 10.3. The number of hydrogen-bond acceptors (Lipinski definition) is 2. The van der Waals surface area contributed by atoms with Gasteiger partial charge in [0.05, 0.1) is 6.54 Å². The molecule has 1 aromatic carbocycles. The van der Waals surface area contributed by atoms with Gasteiger partial charge in [-0.25, -0.2) is 0 Å². The molecule has 0 heterocycles. The summed E-state index contributed by atoms with van der Waals surface area (Å²) < 4.78 is 0. The van der Waals surface area contributed by atoms with Crippen LogP contribution in [0.2, 0.25) is 0 Å². The van der Waals surface area contributed by atoms with Crippen molar-refractivity contribution in [1.82, 2.24) is 4.90 Å². The Morgan fingerprint density at radius 2 is 1.88 bits per heavy atom. The van der Waals surface area contributed by atoms with Gasteiger partial charge < -0.3 is 10.6 Å². The van der Waals surface area contributed by atoms with E-state index in [0.717, 1.165) is 12.0 Å². The van der Waals surface area contributed by atoms with Crippen LogP contribution in [0, 0.1) is 0 Å². The predicted octanol–water partition coefficient (Wildman–Crippen LogP) is 1.20. The van der Waals surface area contributed by atoms with Crippen LogP contribution in [-0.4, -0.2) is 29.8 Å². The molecule has 17 heavy (non-hydrogen) atoms. The zero-order valence-electron chi connectivity index (χ0n) is 10.3. The molecule has 92 valence electrons. The Balaban J connectivity index is 2.97. The zero-order chi connectivity index (χ0) is 12.8. The summed E-state index contributed by atoms with van der Waals surface area (Å²) >= 11 is 0. The molecule has 0 fully saturated rings. The van der Waals surface area contributed by atoms with E-state index in [0.29, 0.717) is 12.1 Å². The highest BCUT2D eigenvalue weighted by molar-refractivity contribution is 5.97. The maximum Gasteiger partial charge on any atom is 0.254 e. The molecule has 4 heteroatoms. The summed E-state index contributed by atoms with van der Waals surface area (Å²) in [7, 11) is 0. The van der Waals surface area contributed by atoms with Crippen molar-refractivity contribution in [3.8, 4) is 0 Å². The van der Waals surface area contributed by atoms with Crippen molar-refractivity contribution < 1.29 is 9.59 Å². The molecule has 0 radical (unpaired) electrons. The van der Waals surface area contributed by atoms with Crippen LogP contribution < -0.4 is 5.73 Å². The lowest BCUT2D eigenvalue weighted by atomic mass is 10.0. The molecule has 0 aliphatic rings. The van der Waals surface area contributed by atoms with Crippen LogP contribution in [0.1, 0.15) is 29.8 Å². The van der Waals surface area contributed by atoms with Crippen LogP contribution in [-0.2, 0) is 11.2 Å². The van der Waals surface area contributed by atoms with Crippen molar-refractivity contribution in [2.24, 2.45) is 5.73 Å². The Bertz CT molecular complexity index is 416. The lowest BCUT2D eigenvalue weighted by Crippen LogP contribution is -2.38. The molecule has 0 saturated heterocycles. The molecular weight excluding hydrogens is 216 g/mol. The first-order valence-electron chi connectivity index (χ1n) is 5.75. The van der Waals surface area contributed by atoms with E-state index in [-0.39, 0.29) is 12.5 Å². The van der Waals surface area contributed by atoms with Gasteiger partial charge in [0.15, 0.2) is 0 Å². The molecule has 2 N–H and O–H groups in total. The van der Waals surface area contributed by atoms with Gasteiger partial charge in [-0.2, -0.15) is 0 Å². The van der Waals surface area contributed by atoms with Crippen LogP contribution >= 0.6 is 0 Å². The first-order valence-corrected chi connectivity index (χ1v) is 5.75. The fourth-order valence-electron chi connectivity index (χ4n) is 1.72. The molecule has 0 saturated carbocycles. The minimum Gasteiger partial charge on any atom is -0.368 e. The monoisotopic (exact) mass is 234 g/mol. The van der Waals surface area contributed by atoms with Crippen molar-refractivity contribution in [1.29, 1.82) is 0 Å². The van der Waals surface area contributed by atoms with Gasteiger partial charge >= 0.3 is 0 Å². The largest absolute Gasteiger partial charge is 0.368 e. The standard InChI is InChI=1S/C13H18N2O2/c1-3-10-7-5-6-8-11(10)13(17)15(4-2)9-12(14)16/h5-8H,3-4,9H2,1-2H3,(H2,14,16). The lowest BCUT2D eigenvalue weighted by Gasteiger charge is -2.20. The van der Waals surface area contributed by atoms with Crippen LogP contribution in [0.15, 0.2) is 24.3 Å². The second-order valence-electron chi connectivity index (χ2n) is 3.80. The number of benzene rings is 1. The first kappa shape index (κ1) is 13.2. The summed E-state index contributed by atoms with van der Waals surface area (Å²) in [6, 6.07) is 7.43. The smallest absolute Gasteiger partial charge is 0.254 e. The molecule has 0 spiro atoms. The molecule has 4 nitrogen and oxygen atoms in total. The van der Waals surface area contributed by atoms with E-state index in [1.165, 1.54) is 4.90 Å². The number of aryl methyl sites for hydroxylation is 1. The molecule has 1 aromatic rings. The lowest BCUT2D eigenvalue weighted by molar-refractivity contribution is -0.118. The van der Waals surface area contributed by atoms with E-state index >= 15 is 0 Å². The Hall–Kier alpha value is -1.84. The van der Waals surface area contributed by atoms with Gasteiger partial charge in [0.1, 0.15) is 0 Å². The van der Waals surface area contributed by atoms with Gasteiger partial charge in [-0.3, -0.25) is 9.59 Å². The second-order valence-corrected chi connectivity index (χ2v) is 3.80. The third kappa shape index (κ3) is 3.31. The number of amides is 2. The Kier molecular flexibility index (Phi) is 4.69. The van der Waals surface area contributed by atoms with E-state index in [1.54, 1.807) is 6.07 Å². The van der Waals surface area contributed by atoms with Crippen LogP contribution in [0.25, 0.3) is 0 Å². The minimum atomic E-state index is -0.492.